The summed E-state index contributed by atoms with van der Waals surface area (Å²) in [4.78, 5) is 36.9. The van der Waals surface area contributed by atoms with Crippen molar-refractivity contribution < 1.29 is 23.1 Å². The van der Waals surface area contributed by atoms with Crippen LogP contribution in [0.4, 0.5) is 20.2 Å². The van der Waals surface area contributed by atoms with Crippen LogP contribution in [0.3, 0.4) is 0 Å². The zero-order valence-corrected chi connectivity index (χ0v) is 26.6. The topological polar surface area (TPSA) is 151 Å². The highest BCUT2D eigenvalue weighted by atomic mass is 19.1. The number of morpholine rings is 1. The summed E-state index contributed by atoms with van der Waals surface area (Å²) in [5.74, 6) is -1.53. The van der Waals surface area contributed by atoms with Gasteiger partial charge in [0.25, 0.3) is 0 Å². The molecule has 0 bridgehead atoms. The van der Waals surface area contributed by atoms with E-state index in [2.05, 4.69) is 15.5 Å². The number of aliphatic imine (C=N–C) groups is 2. The van der Waals surface area contributed by atoms with Crippen LogP contribution < -0.4 is 22.1 Å². The summed E-state index contributed by atoms with van der Waals surface area (Å²) in [6.45, 7) is 5.34. The zero-order valence-electron chi connectivity index (χ0n) is 26.6. The highest BCUT2D eigenvalue weighted by Gasteiger charge is 2.23. The van der Waals surface area contributed by atoms with Crippen LogP contribution >= 0.6 is 0 Å². The number of amides is 2. The van der Waals surface area contributed by atoms with Gasteiger partial charge in [-0.2, -0.15) is 0 Å². The van der Waals surface area contributed by atoms with Crippen LogP contribution in [0.25, 0.3) is 11.1 Å². The number of carbonyl (C=O) groups is 2. The number of benzene rings is 2. The van der Waals surface area contributed by atoms with Crippen molar-refractivity contribution >= 4 is 35.1 Å². The van der Waals surface area contributed by atoms with Gasteiger partial charge in [-0.05, 0) is 49.4 Å². The largest absolute Gasteiger partial charge is 0.404 e. The second-order valence-electron chi connectivity index (χ2n) is 12.1. The number of hydrogen-bond donors (Lipinski definition) is 4. The van der Waals surface area contributed by atoms with Gasteiger partial charge in [0.2, 0.25) is 11.8 Å². The van der Waals surface area contributed by atoms with E-state index in [1.807, 2.05) is 17.0 Å². The van der Waals surface area contributed by atoms with Gasteiger partial charge in [0.1, 0.15) is 11.6 Å². The summed E-state index contributed by atoms with van der Waals surface area (Å²) in [6, 6.07) is 8.37. The highest BCUT2D eigenvalue weighted by molar-refractivity contribution is 6.20. The Morgan fingerprint density at radius 1 is 1.09 bits per heavy atom. The smallest absolute Gasteiger partial charge is 0.234 e. The van der Waals surface area contributed by atoms with Crippen molar-refractivity contribution in [2.24, 2.45) is 21.5 Å². The lowest BCUT2D eigenvalue weighted by Gasteiger charge is -2.29. The first-order valence-corrected chi connectivity index (χ1v) is 16.3. The van der Waals surface area contributed by atoms with E-state index in [1.165, 1.54) is 18.3 Å². The number of piperidine rings is 1. The zero-order chi connectivity index (χ0) is 33.2. The Morgan fingerprint density at radius 3 is 2.53 bits per heavy atom. The first kappa shape index (κ1) is 34.1. The van der Waals surface area contributed by atoms with E-state index >= 15 is 8.78 Å². The Labute approximate surface area is 274 Å². The maximum atomic E-state index is 15.3. The molecule has 13 heteroatoms. The van der Waals surface area contributed by atoms with Crippen LogP contribution in [-0.2, 0) is 20.9 Å². The molecule has 3 heterocycles. The predicted molar refractivity (Wildman–Crippen MR) is 180 cm³/mol. The molecule has 47 heavy (non-hydrogen) atoms. The van der Waals surface area contributed by atoms with Crippen LogP contribution in [0.1, 0.15) is 37.7 Å². The van der Waals surface area contributed by atoms with Crippen molar-refractivity contribution in [3.05, 3.63) is 59.3 Å². The molecule has 11 nitrogen and oxygen atoms in total. The minimum atomic E-state index is -0.588. The first-order chi connectivity index (χ1) is 22.8. The van der Waals surface area contributed by atoms with Gasteiger partial charge in [-0.1, -0.05) is 12.1 Å². The number of carbonyl (C=O) groups excluding carboxylic acids is 2. The second-order valence-corrected chi connectivity index (χ2v) is 12.1. The van der Waals surface area contributed by atoms with E-state index in [0.29, 0.717) is 86.9 Å². The normalized spacial score (nSPS) is 18.1. The Kier molecular flexibility index (Phi) is 12.0. The number of halogens is 2. The standard InChI is InChI=1S/C34H44F2N8O3/c35-28-16-23(17-29(36)27(28)21-44-12-14-47-15-13-44)26-4-3-5-30-34(26)42-31(20-41-30)24(18-37)19-40-25-7-10-43(11-8-25)22-33(46)39-9-2-1-6-32(38)45/h3-5,16-19,25,41H,1-2,6-15,20-22,37H2,(H2,38,45)(H,39,46). The molecule has 6 N–H and O–H groups in total. The molecule has 0 aliphatic carbocycles. The third kappa shape index (κ3) is 9.43. The number of fused-ring (bicyclic) bond motifs is 1. The van der Waals surface area contributed by atoms with Gasteiger partial charge in [0.05, 0.1) is 49.4 Å². The number of primary amides is 1. The molecule has 3 aliphatic rings. The lowest BCUT2D eigenvalue weighted by atomic mass is 9.98. The van der Waals surface area contributed by atoms with Crippen molar-refractivity contribution in [2.45, 2.75) is 44.7 Å². The van der Waals surface area contributed by atoms with E-state index in [0.717, 1.165) is 38.0 Å². The average molecular weight is 651 g/mol. The third-order valence-corrected chi connectivity index (χ3v) is 8.70. The monoisotopic (exact) mass is 650 g/mol. The Morgan fingerprint density at radius 2 is 1.83 bits per heavy atom. The van der Waals surface area contributed by atoms with Gasteiger partial charge in [-0.15, -0.1) is 0 Å². The fourth-order valence-corrected chi connectivity index (χ4v) is 5.99. The lowest BCUT2D eigenvalue weighted by molar-refractivity contribution is -0.122. The summed E-state index contributed by atoms with van der Waals surface area (Å²) in [7, 11) is 0. The van der Waals surface area contributed by atoms with Gasteiger partial charge in [0, 0.05) is 74.8 Å². The van der Waals surface area contributed by atoms with Crippen LogP contribution in [0, 0.1) is 11.6 Å². The van der Waals surface area contributed by atoms with Crippen LogP contribution in [0.2, 0.25) is 0 Å². The van der Waals surface area contributed by atoms with E-state index < -0.39 is 11.6 Å². The van der Waals surface area contributed by atoms with Crippen LogP contribution in [-0.4, -0.2) is 98.6 Å². The Bertz CT molecular complexity index is 1490. The van der Waals surface area contributed by atoms with Gasteiger partial charge >= 0.3 is 0 Å². The molecule has 2 saturated heterocycles. The molecule has 2 fully saturated rings. The SMILES string of the molecule is NC=C(C=NC1CCN(CC(=O)NCCCCC(N)=O)CC1)C1=Nc2c(cccc2-c2cc(F)c(CN3CCOCC3)c(F)c2)NC1. The maximum absolute atomic E-state index is 15.3. The number of para-hydroxylation sites is 1. The van der Waals surface area contributed by atoms with Crippen molar-refractivity contribution in [3.63, 3.8) is 0 Å². The highest BCUT2D eigenvalue weighted by Crippen LogP contribution is 2.40. The molecular formula is C34H44F2N8O3. The Balaban J connectivity index is 1.19. The number of unbranched alkanes of at least 4 members (excludes halogenated alkanes) is 1. The molecule has 0 spiro atoms. The van der Waals surface area contributed by atoms with Crippen molar-refractivity contribution in [1.29, 1.82) is 0 Å². The molecule has 0 radical (unpaired) electrons. The molecule has 2 aromatic carbocycles. The van der Waals surface area contributed by atoms with Crippen molar-refractivity contribution in [1.82, 2.24) is 15.1 Å². The fourth-order valence-electron chi connectivity index (χ4n) is 5.99. The summed E-state index contributed by atoms with van der Waals surface area (Å²) in [6.07, 6.45) is 6.53. The van der Waals surface area contributed by atoms with E-state index in [9.17, 15) is 9.59 Å². The van der Waals surface area contributed by atoms with E-state index in [4.69, 9.17) is 26.2 Å². The third-order valence-electron chi connectivity index (χ3n) is 8.70. The molecule has 0 saturated carbocycles. The number of nitrogens with one attached hydrogen (secondary N) is 2. The number of hydrogen-bond acceptors (Lipinski definition) is 9. The second kappa shape index (κ2) is 16.6. The van der Waals surface area contributed by atoms with Crippen molar-refractivity contribution in [3.8, 4) is 11.1 Å². The van der Waals surface area contributed by atoms with Gasteiger partial charge in [0.15, 0.2) is 0 Å². The predicted octanol–water partition coefficient (Wildman–Crippen LogP) is 3.11. The number of rotatable bonds is 13. The molecule has 252 valence electrons. The molecule has 3 aliphatic heterocycles. The van der Waals surface area contributed by atoms with Gasteiger partial charge in [-0.3, -0.25) is 24.4 Å². The molecule has 0 aromatic heterocycles. The van der Waals surface area contributed by atoms with Gasteiger partial charge < -0.3 is 26.8 Å². The summed E-state index contributed by atoms with van der Waals surface area (Å²) >= 11 is 0. The molecule has 2 amide bonds. The van der Waals surface area contributed by atoms with Crippen LogP contribution in [0.15, 0.2) is 52.1 Å². The fraction of sp³-hybridized carbons (Fsp3) is 0.471. The number of anilines is 1. The summed E-state index contributed by atoms with van der Waals surface area (Å²) in [5, 5.41) is 6.26. The number of likely N-dealkylation sites (tertiary alicyclic amines) is 1. The van der Waals surface area contributed by atoms with E-state index in [-0.39, 0.29) is 30.0 Å². The number of ether oxygens (including phenoxy) is 1. The van der Waals surface area contributed by atoms with E-state index in [1.54, 1.807) is 12.3 Å². The molecule has 0 unspecified atom stereocenters. The van der Waals surface area contributed by atoms with Gasteiger partial charge in [-0.25, -0.2) is 13.8 Å². The average Bonchev–Trinajstić information content (AvgIpc) is 3.07. The van der Waals surface area contributed by atoms with Crippen molar-refractivity contribution in [2.75, 3.05) is 64.3 Å². The quantitative estimate of drug-likeness (QED) is 0.192. The maximum Gasteiger partial charge on any atom is 0.234 e. The minimum absolute atomic E-state index is 0.0313. The molecule has 0 atom stereocenters. The molecule has 2 aromatic rings. The summed E-state index contributed by atoms with van der Waals surface area (Å²) < 4.78 is 35.9. The Hall–Kier alpha value is -4.20. The van der Waals surface area contributed by atoms with Crippen LogP contribution in [0.5, 0.6) is 0 Å². The number of nitrogens with zero attached hydrogens (tertiary/aromatic N) is 4. The summed E-state index contributed by atoms with van der Waals surface area (Å²) in [5.41, 5.74) is 14.9. The first-order valence-electron chi connectivity index (χ1n) is 16.3. The minimum Gasteiger partial charge on any atom is -0.404 e. The molecular weight excluding hydrogens is 606 g/mol. The molecule has 5 rings (SSSR count). The lowest BCUT2D eigenvalue weighted by Crippen LogP contribution is -2.42. The number of nitrogens with two attached hydrogens (primary N) is 2.